The maximum atomic E-state index is 11.4. The largest absolute Gasteiger partial charge is 0.454 e. The van der Waals surface area contributed by atoms with Crippen LogP contribution in [0.2, 0.25) is 0 Å². The van der Waals surface area contributed by atoms with Crippen LogP contribution in [-0.2, 0) is 4.74 Å². The summed E-state index contributed by atoms with van der Waals surface area (Å²) in [4.78, 5) is 22.9. The zero-order valence-corrected chi connectivity index (χ0v) is 9.01. The van der Waals surface area contributed by atoms with Crippen LogP contribution in [0.5, 0.6) is 0 Å². The van der Waals surface area contributed by atoms with Crippen LogP contribution in [-0.4, -0.2) is 37.7 Å². The van der Waals surface area contributed by atoms with Crippen molar-refractivity contribution in [3.8, 4) is 0 Å². The molecular weight excluding hydrogens is 200 g/mol. The van der Waals surface area contributed by atoms with Gasteiger partial charge in [0.1, 0.15) is 5.60 Å². The molecule has 7 nitrogen and oxygen atoms in total. The Balaban J connectivity index is 2.79. The summed E-state index contributed by atoms with van der Waals surface area (Å²) in [6, 6.07) is 0. The van der Waals surface area contributed by atoms with Gasteiger partial charge >= 0.3 is 6.09 Å². The van der Waals surface area contributed by atoms with Crippen LogP contribution in [0.25, 0.3) is 0 Å². The van der Waals surface area contributed by atoms with Gasteiger partial charge in [-0.15, -0.1) is 10.2 Å². The van der Waals surface area contributed by atoms with E-state index in [0.717, 1.165) is 0 Å². The standard InChI is InChI=1S/C8H12N4O3/c1-5(13)6-9-11-12(10-6)7(14)15-8(2,3)4/h1-4H3. The molecule has 0 fully saturated rings. The van der Waals surface area contributed by atoms with E-state index < -0.39 is 11.7 Å². The van der Waals surface area contributed by atoms with E-state index in [1.165, 1.54) is 6.92 Å². The van der Waals surface area contributed by atoms with Crippen molar-refractivity contribution in [3.05, 3.63) is 5.82 Å². The second-order valence-electron chi connectivity index (χ2n) is 3.94. The zero-order valence-electron chi connectivity index (χ0n) is 9.01. The van der Waals surface area contributed by atoms with E-state index >= 15 is 0 Å². The summed E-state index contributed by atoms with van der Waals surface area (Å²) >= 11 is 0. The molecule has 0 saturated carbocycles. The third-order valence-electron chi connectivity index (χ3n) is 1.29. The normalized spacial score (nSPS) is 11.2. The van der Waals surface area contributed by atoms with Crippen molar-refractivity contribution in [2.24, 2.45) is 0 Å². The molecule has 0 aliphatic rings. The highest BCUT2D eigenvalue weighted by molar-refractivity contribution is 5.90. The van der Waals surface area contributed by atoms with Crippen molar-refractivity contribution in [2.75, 3.05) is 0 Å². The van der Waals surface area contributed by atoms with Gasteiger partial charge in [-0.05, 0) is 26.0 Å². The van der Waals surface area contributed by atoms with Crippen LogP contribution in [0.15, 0.2) is 0 Å². The monoisotopic (exact) mass is 212 g/mol. The molecule has 0 aliphatic heterocycles. The van der Waals surface area contributed by atoms with E-state index in [1.807, 2.05) is 0 Å². The Labute approximate surface area is 86.4 Å². The molecule has 0 amide bonds. The first-order valence-corrected chi connectivity index (χ1v) is 4.34. The fraction of sp³-hybridized carbons (Fsp3) is 0.625. The first-order chi connectivity index (χ1) is 6.79. The Bertz CT molecular complexity index is 391. The summed E-state index contributed by atoms with van der Waals surface area (Å²) in [7, 11) is 0. The Morgan fingerprint density at radius 1 is 1.33 bits per heavy atom. The van der Waals surface area contributed by atoms with E-state index in [2.05, 4.69) is 15.4 Å². The van der Waals surface area contributed by atoms with E-state index in [0.29, 0.717) is 4.80 Å². The van der Waals surface area contributed by atoms with Crippen LogP contribution in [0.4, 0.5) is 4.79 Å². The van der Waals surface area contributed by atoms with E-state index in [9.17, 15) is 9.59 Å². The molecular formula is C8H12N4O3. The summed E-state index contributed by atoms with van der Waals surface area (Å²) in [6.45, 7) is 6.44. The minimum absolute atomic E-state index is 0.110. The lowest BCUT2D eigenvalue weighted by Crippen LogP contribution is -2.28. The number of nitrogens with zero attached hydrogens (tertiary/aromatic N) is 4. The molecule has 0 saturated heterocycles. The molecule has 0 atom stereocenters. The number of carbonyl (C=O) groups is 2. The van der Waals surface area contributed by atoms with E-state index in [-0.39, 0.29) is 11.6 Å². The summed E-state index contributed by atoms with van der Waals surface area (Å²) in [6.07, 6.45) is -0.762. The smallest absolute Gasteiger partial charge is 0.441 e. The highest BCUT2D eigenvalue weighted by Crippen LogP contribution is 2.07. The van der Waals surface area contributed by atoms with Crippen molar-refractivity contribution < 1.29 is 14.3 Å². The number of hydrogen-bond donors (Lipinski definition) is 0. The SMILES string of the molecule is CC(=O)c1nnn(C(=O)OC(C)(C)C)n1. The minimum Gasteiger partial charge on any atom is -0.441 e. The van der Waals surface area contributed by atoms with Crippen molar-refractivity contribution in [1.82, 2.24) is 20.2 Å². The van der Waals surface area contributed by atoms with Gasteiger partial charge in [-0.25, -0.2) is 4.79 Å². The average Bonchev–Trinajstić information content (AvgIpc) is 2.47. The van der Waals surface area contributed by atoms with Gasteiger partial charge in [-0.2, -0.15) is 0 Å². The first kappa shape index (κ1) is 11.3. The van der Waals surface area contributed by atoms with Crippen LogP contribution in [0.1, 0.15) is 38.3 Å². The fourth-order valence-corrected chi connectivity index (χ4v) is 0.735. The molecule has 1 rings (SSSR count). The van der Waals surface area contributed by atoms with Crippen LogP contribution in [0, 0.1) is 0 Å². The fourth-order valence-electron chi connectivity index (χ4n) is 0.735. The van der Waals surface area contributed by atoms with Gasteiger partial charge in [0.25, 0.3) is 0 Å². The number of tetrazole rings is 1. The number of Topliss-reactive ketones (excluding diaryl/α,β-unsaturated/α-hetero) is 1. The van der Waals surface area contributed by atoms with Gasteiger partial charge in [0.05, 0.1) is 0 Å². The lowest BCUT2D eigenvalue weighted by molar-refractivity contribution is 0.0485. The van der Waals surface area contributed by atoms with E-state index in [1.54, 1.807) is 20.8 Å². The molecule has 0 aliphatic carbocycles. The van der Waals surface area contributed by atoms with Crippen molar-refractivity contribution >= 4 is 11.9 Å². The van der Waals surface area contributed by atoms with Crippen molar-refractivity contribution in [2.45, 2.75) is 33.3 Å². The van der Waals surface area contributed by atoms with Crippen LogP contribution < -0.4 is 0 Å². The highest BCUT2D eigenvalue weighted by Gasteiger charge is 2.20. The van der Waals surface area contributed by atoms with Gasteiger partial charge in [-0.3, -0.25) is 4.79 Å². The average molecular weight is 212 g/mol. The summed E-state index contributed by atoms with van der Waals surface area (Å²) in [5.74, 6) is -0.467. The van der Waals surface area contributed by atoms with Crippen LogP contribution in [0.3, 0.4) is 0 Å². The molecule has 7 heteroatoms. The van der Waals surface area contributed by atoms with Gasteiger partial charge in [0, 0.05) is 6.92 Å². The molecule has 1 aromatic rings. The summed E-state index contributed by atoms with van der Waals surface area (Å²) in [5.41, 5.74) is -0.638. The maximum Gasteiger partial charge on any atom is 0.454 e. The molecule has 1 heterocycles. The lowest BCUT2D eigenvalue weighted by atomic mass is 10.2. The number of aromatic nitrogens is 4. The Morgan fingerprint density at radius 2 is 1.93 bits per heavy atom. The molecule has 0 bridgehead atoms. The number of hydrogen-bond acceptors (Lipinski definition) is 6. The first-order valence-electron chi connectivity index (χ1n) is 4.34. The van der Waals surface area contributed by atoms with Gasteiger partial charge in [0.2, 0.25) is 11.6 Å². The molecule has 82 valence electrons. The van der Waals surface area contributed by atoms with Gasteiger partial charge in [-0.1, -0.05) is 4.80 Å². The second kappa shape index (κ2) is 3.76. The highest BCUT2D eigenvalue weighted by atomic mass is 16.6. The van der Waals surface area contributed by atoms with Crippen molar-refractivity contribution in [3.63, 3.8) is 0 Å². The van der Waals surface area contributed by atoms with Crippen LogP contribution >= 0.6 is 0 Å². The number of carbonyl (C=O) groups excluding carboxylic acids is 2. The predicted octanol–water partition coefficient (Wildman–Crippen LogP) is 0.659. The topological polar surface area (TPSA) is 87.0 Å². The molecule has 0 unspecified atom stereocenters. The third-order valence-corrected chi connectivity index (χ3v) is 1.29. The summed E-state index contributed by atoms with van der Waals surface area (Å²) < 4.78 is 4.96. The molecule has 1 aromatic heterocycles. The Morgan fingerprint density at radius 3 is 2.33 bits per heavy atom. The predicted molar refractivity (Wildman–Crippen MR) is 49.5 cm³/mol. The molecule has 0 aromatic carbocycles. The maximum absolute atomic E-state index is 11.4. The number of ether oxygens (including phenoxy) is 1. The van der Waals surface area contributed by atoms with Gasteiger partial charge < -0.3 is 4.74 Å². The Hall–Kier alpha value is -1.79. The quantitative estimate of drug-likeness (QED) is 0.635. The molecule has 0 N–H and O–H groups in total. The lowest BCUT2D eigenvalue weighted by Gasteiger charge is -2.17. The Kier molecular flexibility index (Phi) is 2.83. The van der Waals surface area contributed by atoms with Crippen molar-refractivity contribution in [1.29, 1.82) is 0 Å². The molecule has 0 spiro atoms. The van der Waals surface area contributed by atoms with Gasteiger partial charge in [0.15, 0.2) is 0 Å². The third kappa shape index (κ3) is 3.12. The summed E-state index contributed by atoms with van der Waals surface area (Å²) in [5, 5.41) is 10.4. The molecule has 0 radical (unpaired) electrons. The zero-order chi connectivity index (χ0) is 11.6. The van der Waals surface area contributed by atoms with E-state index in [4.69, 9.17) is 4.74 Å². The molecule has 15 heavy (non-hydrogen) atoms. The number of rotatable bonds is 1. The second-order valence-corrected chi connectivity index (χ2v) is 3.94. The number of ketones is 1. The minimum atomic E-state index is -0.762.